The number of hydrogen-bond donors (Lipinski definition) is 3. The summed E-state index contributed by atoms with van der Waals surface area (Å²) >= 11 is 0. The number of anilines is 1. The molecule has 0 spiro atoms. The second-order valence-electron chi connectivity index (χ2n) is 8.70. The Kier molecular flexibility index (Phi) is 5.28. The van der Waals surface area contributed by atoms with Crippen molar-refractivity contribution in [2.45, 2.75) is 78.4 Å². The maximum atomic E-state index is 12.4. The van der Waals surface area contributed by atoms with Crippen LogP contribution in [0.15, 0.2) is 12.1 Å². The molecule has 5 nitrogen and oxygen atoms in total. The van der Waals surface area contributed by atoms with Crippen molar-refractivity contribution in [2.75, 3.05) is 5.32 Å². The van der Waals surface area contributed by atoms with E-state index in [1.54, 1.807) is 0 Å². The molecule has 2 rings (SSSR count). The van der Waals surface area contributed by atoms with Crippen LogP contribution in [0.3, 0.4) is 0 Å². The fourth-order valence-electron chi connectivity index (χ4n) is 4.22. The van der Waals surface area contributed by atoms with Crippen LogP contribution >= 0.6 is 0 Å². The van der Waals surface area contributed by atoms with Crippen LogP contribution in [0.2, 0.25) is 0 Å². The topological polar surface area (TPSA) is 70.2 Å². The summed E-state index contributed by atoms with van der Waals surface area (Å²) in [4.78, 5) is 24.7. The minimum Gasteiger partial charge on any atom is -0.345 e. The second kappa shape index (κ2) is 6.79. The van der Waals surface area contributed by atoms with Gasteiger partial charge in [-0.1, -0.05) is 17.7 Å². The molecule has 0 aromatic heterocycles. The summed E-state index contributed by atoms with van der Waals surface area (Å²) in [6.07, 6.45) is 1.58. The second-order valence-corrected chi connectivity index (χ2v) is 8.70. The van der Waals surface area contributed by atoms with E-state index >= 15 is 0 Å². The number of carbonyl (C=O) groups is 2. The fourth-order valence-corrected chi connectivity index (χ4v) is 4.22. The Bertz CT molecular complexity index is 653. The van der Waals surface area contributed by atoms with Crippen LogP contribution in [0, 0.1) is 20.8 Å². The summed E-state index contributed by atoms with van der Waals surface area (Å²) in [7, 11) is 0. The van der Waals surface area contributed by atoms with Gasteiger partial charge >= 0.3 is 11.8 Å². The van der Waals surface area contributed by atoms with Crippen LogP contribution in [0.4, 0.5) is 5.69 Å². The van der Waals surface area contributed by atoms with Gasteiger partial charge in [-0.15, -0.1) is 0 Å². The molecule has 25 heavy (non-hydrogen) atoms. The van der Waals surface area contributed by atoms with E-state index in [2.05, 4.69) is 43.6 Å². The van der Waals surface area contributed by atoms with E-state index in [4.69, 9.17) is 0 Å². The lowest BCUT2D eigenvalue weighted by molar-refractivity contribution is -0.137. The SMILES string of the molecule is Cc1cc(C)c(NC(=O)C(=O)NC2CC(C)(C)NC(C)(C)C2)c(C)c1. The highest BCUT2D eigenvalue weighted by Gasteiger charge is 2.38. The molecule has 1 fully saturated rings. The summed E-state index contributed by atoms with van der Waals surface area (Å²) < 4.78 is 0. The smallest absolute Gasteiger partial charge is 0.313 e. The molecule has 1 aromatic carbocycles. The normalized spacial score (nSPS) is 19.3. The first kappa shape index (κ1) is 19.4. The average molecular weight is 345 g/mol. The third-order valence-corrected chi connectivity index (χ3v) is 4.65. The molecule has 0 radical (unpaired) electrons. The average Bonchev–Trinajstić information content (AvgIpc) is 2.38. The fraction of sp³-hybridized carbons (Fsp3) is 0.600. The number of rotatable bonds is 2. The molecular formula is C20H31N3O2. The maximum absolute atomic E-state index is 12.4. The number of hydrogen-bond acceptors (Lipinski definition) is 3. The third kappa shape index (κ3) is 5.05. The highest BCUT2D eigenvalue weighted by Crippen LogP contribution is 2.28. The van der Waals surface area contributed by atoms with E-state index in [9.17, 15) is 9.59 Å². The molecule has 1 saturated heterocycles. The third-order valence-electron chi connectivity index (χ3n) is 4.65. The Hall–Kier alpha value is -1.88. The Morgan fingerprint density at radius 1 is 0.960 bits per heavy atom. The van der Waals surface area contributed by atoms with Crippen molar-refractivity contribution >= 4 is 17.5 Å². The lowest BCUT2D eigenvalue weighted by atomic mass is 9.79. The standard InChI is InChI=1S/C20H31N3O2/c1-12-8-13(2)16(14(3)9-12)22-18(25)17(24)21-15-10-19(4,5)23-20(6,7)11-15/h8-9,15,23H,10-11H2,1-7H3,(H,21,24)(H,22,25). The van der Waals surface area contributed by atoms with Crippen molar-refractivity contribution in [3.63, 3.8) is 0 Å². The number of piperidine rings is 1. The number of aryl methyl sites for hydroxylation is 3. The molecule has 1 aromatic rings. The highest BCUT2D eigenvalue weighted by atomic mass is 16.2. The summed E-state index contributed by atoms with van der Waals surface area (Å²) in [6.45, 7) is 14.4. The maximum Gasteiger partial charge on any atom is 0.313 e. The van der Waals surface area contributed by atoms with Gasteiger partial charge in [0, 0.05) is 22.8 Å². The first-order chi connectivity index (χ1) is 11.4. The molecule has 0 unspecified atom stereocenters. The predicted octanol–water partition coefficient (Wildman–Crippen LogP) is 2.98. The monoisotopic (exact) mass is 345 g/mol. The zero-order valence-electron chi connectivity index (χ0n) is 16.5. The van der Waals surface area contributed by atoms with Gasteiger partial charge in [-0.2, -0.15) is 0 Å². The molecule has 5 heteroatoms. The van der Waals surface area contributed by atoms with Gasteiger partial charge in [-0.3, -0.25) is 9.59 Å². The van der Waals surface area contributed by atoms with Gasteiger partial charge in [0.05, 0.1) is 0 Å². The summed E-state index contributed by atoms with van der Waals surface area (Å²) in [5, 5.41) is 9.25. The van der Waals surface area contributed by atoms with Crippen molar-refractivity contribution in [3.8, 4) is 0 Å². The largest absolute Gasteiger partial charge is 0.345 e. The minimum absolute atomic E-state index is 0.0234. The van der Waals surface area contributed by atoms with Crippen molar-refractivity contribution < 1.29 is 9.59 Å². The lowest BCUT2D eigenvalue weighted by Gasteiger charge is -2.46. The number of amides is 2. The zero-order valence-corrected chi connectivity index (χ0v) is 16.5. The first-order valence-electron chi connectivity index (χ1n) is 8.88. The van der Waals surface area contributed by atoms with Gasteiger partial charge in [0.25, 0.3) is 0 Å². The van der Waals surface area contributed by atoms with Crippen molar-refractivity contribution in [1.82, 2.24) is 10.6 Å². The van der Waals surface area contributed by atoms with E-state index < -0.39 is 11.8 Å². The van der Waals surface area contributed by atoms with Gasteiger partial charge in [-0.05, 0) is 72.4 Å². The minimum atomic E-state index is -0.607. The Morgan fingerprint density at radius 2 is 1.44 bits per heavy atom. The van der Waals surface area contributed by atoms with Gasteiger partial charge in [0.1, 0.15) is 0 Å². The predicted molar refractivity (Wildman–Crippen MR) is 102 cm³/mol. The zero-order chi connectivity index (χ0) is 19.0. The Balaban J connectivity index is 2.05. The molecule has 2 amide bonds. The molecule has 0 aliphatic carbocycles. The van der Waals surface area contributed by atoms with Crippen molar-refractivity contribution in [3.05, 3.63) is 28.8 Å². The molecule has 1 aliphatic rings. The van der Waals surface area contributed by atoms with Crippen molar-refractivity contribution in [2.24, 2.45) is 0 Å². The molecule has 138 valence electrons. The first-order valence-corrected chi connectivity index (χ1v) is 8.88. The van der Waals surface area contributed by atoms with Crippen LogP contribution in [0.25, 0.3) is 0 Å². The van der Waals surface area contributed by atoms with E-state index in [1.165, 1.54) is 0 Å². The Labute approximate surface area is 151 Å². The molecule has 1 heterocycles. The van der Waals surface area contributed by atoms with Gasteiger partial charge in [-0.25, -0.2) is 0 Å². The highest BCUT2D eigenvalue weighted by molar-refractivity contribution is 6.39. The molecule has 1 aliphatic heterocycles. The summed E-state index contributed by atoms with van der Waals surface area (Å²) in [6, 6.07) is 3.97. The van der Waals surface area contributed by atoms with Crippen molar-refractivity contribution in [1.29, 1.82) is 0 Å². The van der Waals surface area contributed by atoms with E-state index in [-0.39, 0.29) is 17.1 Å². The molecular weight excluding hydrogens is 314 g/mol. The quantitative estimate of drug-likeness (QED) is 0.722. The Morgan fingerprint density at radius 3 is 1.92 bits per heavy atom. The molecule has 0 saturated carbocycles. The summed E-state index contributed by atoms with van der Waals surface area (Å²) in [5.74, 6) is -1.18. The number of carbonyl (C=O) groups excluding carboxylic acids is 2. The molecule has 0 atom stereocenters. The van der Waals surface area contributed by atoms with Crippen LogP contribution in [-0.4, -0.2) is 28.9 Å². The summed E-state index contributed by atoms with van der Waals surface area (Å²) in [5.41, 5.74) is 3.61. The van der Waals surface area contributed by atoms with Crippen LogP contribution in [0.5, 0.6) is 0 Å². The van der Waals surface area contributed by atoms with Crippen LogP contribution < -0.4 is 16.0 Å². The van der Waals surface area contributed by atoms with E-state index in [1.807, 2.05) is 32.9 Å². The number of nitrogens with one attached hydrogen (secondary N) is 3. The van der Waals surface area contributed by atoms with E-state index in [0.717, 1.165) is 35.2 Å². The van der Waals surface area contributed by atoms with Gasteiger partial charge in [0.2, 0.25) is 0 Å². The lowest BCUT2D eigenvalue weighted by Crippen LogP contribution is -2.62. The molecule has 3 N–H and O–H groups in total. The van der Waals surface area contributed by atoms with Gasteiger partial charge < -0.3 is 16.0 Å². The van der Waals surface area contributed by atoms with Crippen LogP contribution in [-0.2, 0) is 9.59 Å². The van der Waals surface area contributed by atoms with E-state index in [0.29, 0.717) is 0 Å². The van der Waals surface area contributed by atoms with Gasteiger partial charge in [0.15, 0.2) is 0 Å². The number of benzene rings is 1. The molecule has 0 bridgehead atoms. The van der Waals surface area contributed by atoms with Crippen LogP contribution in [0.1, 0.15) is 57.2 Å².